The topological polar surface area (TPSA) is 90.7 Å². The largest absolute Gasteiger partial charge is 0.493 e. The molecule has 0 aliphatic rings. The molecule has 2 aromatic rings. The van der Waals surface area contributed by atoms with Crippen LogP contribution in [0.3, 0.4) is 0 Å². The number of primary amides is 1. The molecule has 1 atom stereocenters. The Kier molecular flexibility index (Phi) is 7.43. The van der Waals surface area contributed by atoms with Crippen molar-refractivity contribution in [1.29, 1.82) is 0 Å². The van der Waals surface area contributed by atoms with Gasteiger partial charge >= 0.3 is 0 Å². The van der Waals surface area contributed by atoms with E-state index in [1.807, 2.05) is 30.3 Å². The lowest BCUT2D eigenvalue weighted by molar-refractivity contribution is -0.120. The van der Waals surface area contributed by atoms with Crippen LogP contribution in [0, 0.1) is 0 Å². The molecule has 0 radical (unpaired) electrons. The first-order valence-corrected chi connectivity index (χ1v) is 8.59. The van der Waals surface area contributed by atoms with Gasteiger partial charge < -0.3 is 20.5 Å². The van der Waals surface area contributed by atoms with Crippen LogP contribution in [0.2, 0.25) is 0 Å². The van der Waals surface area contributed by atoms with Crippen LogP contribution < -0.4 is 20.5 Å². The molecule has 2 amide bonds. The highest BCUT2D eigenvalue weighted by atomic mass is 16.5. The fourth-order valence-electron chi connectivity index (χ4n) is 2.44. The Balaban J connectivity index is 1.92. The second-order valence-electron chi connectivity index (χ2n) is 6.06. The van der Waals surface area contributed by atoms with E-state index in [1.165, 1.54) is 18.7 Å². The molecule has 0 aliphatic carbocycles. The van der Waals surface area contributed by atoms with Crippen LogP contribution in [-0.4, -0.2) is 32.1 Å². The average molecular weight is 368 g/mol. The Hall–Kier alpha value is -3.28. The molecule has 0 saturated heterocycles. The maximum atomic E-state index is 12.0. The fraction of sp³-hybridized carbons (Fsp3) is 0.238. The SMILES string of the molecule is COc1cc(/C=C/C(=O)NC[C@@H](C)c2ccccc2)ccc1OCC(N)=O. The van der Waals surface area contributed by atoms with Crippen molar-refractivity contribution >= 4 is 17.9 Å². The molecule has 0 aliphatic heterocycles. The number of benzene rings is 2. The van der Waals surface area contributed by atoms with E-state index in [-0.39, 0.29) is 18.4 Å². The van der Waals surface area contributed by atoms with Gasteiger partial charge in [-0.25, -0.2) is 0 Å². The van der Waals surface area contributed by atoms with E-state index in [4.69, 9.17) is 15.2 Å². The van der Waals surface area contributed by atoms with Crippen molar-refractivity contribution in [3.63, 3.8) is 0 Å². The minimum Gasteiger partial charge on any atom is -0.493 e. The summed E-state index contributed by atoms with van der Waals surface area (Å²) in [5.74, 6) is 0.352. The van der Waals surface area contributed by atoms with E-state index < -0.39 is 5.91 Å². The number of nitrogens with one attached hydrogen (secondary N) is 1. The Bertz CT molecular complexity index is 803. The van der Waals surface area contributed by atoms with E-state index in [1.54, 1.807) is 24.3 Å². The van der Waals surface area contributed by atoms with E-state index in [2.05, 4.69) is 12.2 Å². The number of methoxy groups -OCH3 is 1. The van der Waals surface area contributed by atoms with E-state index in [0.29, 0.717) is 18.0 Å². The molecule has 0 spiro atoms. The minimum absolute atomic E-state index is 0.175. The summed E-state index contributed by atoms with van der Waals surface area (Å²) >= 11 is 0. The zero-order valence-electron chi connectivity index (χ0n) is 15.5. The molecular weight excluding hydrogens is 344 g/mol. The van der Waals surface area contributed by atoms with Crippen molar-refractivity contribution < 1.29 is 19.1 Å². The fourth-order valence-corrected chi connectivity index (χ4v) is 2.44. The lowest BCUT2D eigenvalue weighted by Crippen LogP contribution is -2.25. The molecule has 6 heteroatoms. The molecule has 142 valence electrons. The van der Waals surface area contributed by atoms with E-state index in [9.17, 15) is 9.59 Å². The van der Waals surface area contributed by atoms with Gasteiger partial charge in [-0.15, -0.1) is 0 Å². The van der Waals surface area contributed by atoms with Crippen molar-refractivity contribution in [3.05, 3.63) is 65.7 Å². The van der Waals surface area contributed by atoms with Crippen LogP contribution in [0.5, 0.6) is 11.5 Å². The third kappa shape index (κ3) is 6.51. The lowest BCUT2D eigenvalue weighted by atomic mass is 10.0. The molecule has 0 fully saturated rings. The van der Waals surface area contributed by atoms with Crippen LogP contribution in [0.1, 0.15) is 24.0 Å². The highest BCUT2D eigenvalue weighted by molar-refractivity contribution is 5.91. The average Bonchev–Trinajstić information content (AvgIpc) is 2.69. The monoisotopic (exact) mass is 368 g/mol. The van der Waals surface area contributed by atoms with Gasteiger partial charge in [0.15, 0.2) is 18.1 Å². The number of amides is 2. The zero-order valence-corrected chi connectivity index (χ0v) is 15.5. The van der Waals surface area contributed by atoms with Crippen LogP contribution in [-0.2, 0) is 9.59 Å². The van der Waals surface area contributed by atoms with Crippen molar-refractivity contribution in [1.82, 2.24) is 5.32 Å². The van der Waals surface area contributed by atoms with Crippen molar-refractivity contribution in [2.75, 3.05) is 20.3 Å². The van der Waals surface area contributed by atoms with Gasteiger partial charge in [0, 0.05) is 12.6 Å². The number of nitrogens with two attached hydrogens (primary N) is 1. The van der Waals surface area contributed by atoms with Crippen molar-refractivity contribution in [3.8, 4) is 11.5 Å². The molecule has 0 aromatic heterocycles. The molecule has 0 saturated carbocycles. The Morgan fingerprint density at radius 1 is 1.15 bits per heavy atom. The molecule has 0 bridgehead atoms. The van der Waals surface area contributed by atoms with Gasteiger partial charge in [-0.05, 0) is 35.3 Å². The summed E-state index contributed by atoms with van der Waals surface area (Å²) in [5, 5.41) is 2.89. The van der Waals surface area contributed by atoms with Gasteiger partial charge in [-0.2, -0.15) is 0 Å². The molecule has 2 aromatic carbocycles. The molecular formula is C21H24N2O4. The molecule has 0 heterocycles. The molecule has 0 unspecified atom stereocenters. The Morgan fingerprint density at radius 2 is 1.89 bits per heavy atom. The number of hydrogen-bond acceptors (Lipinski definition) is 4. The number of ether oxygens (including phenoxy) is 2. The first-order valence-electron chi connectivity index (χ1n) is 8.59. The summed E-state index contributed by atoms with van der Waals surface area (Å²) < 4.78 is 10.5. The van der Waals surface area contributed by atoms with Gasteiger partial charge in [-0.1, -0.05) is 43.3 Å². The van der Waals surface area contributed by atoms with Crippen LogP contribution in [0.4, 0.5) is 0 Å². The summed E-state index contributed by atoms with van der Waals surface area (Å²) in [5.41, 5.74) is 7.02. The smallest absolute Gasteiger partial charge is 0.255 e. The van der Waals surface area contributed by atoms with Crippen molar-refractivity contribution in [2.45, 2.75) is 12.8 Å². The highest BCUT2D eigenvalue weighted by Gasteiger charge is 2.08. The Labute approximate surface area is 159 Å². The van der Waals surface area contributed by atoms with Gasteiger partial charge in [0.1, 0.15) is 0 Å². The Morgan fingerprint density at radius 3 is 2.56 bits per heavy atom. The quantitative estimate of drug-likeness (QED) is 0.666. The molecule has 2 rings (SSSR count). The second-order valence-corrected chi connectivity index (χ2v) is 6.06. The van der Waals surface area contributed by atoms with E-state index >= 15 is 0 Å². The molecule has 27 heavy (non-hydrogen) atoms. The van der Waals surface area contributed by atoms with E-state index in [0.717, 1.165) is 5.56 Å². The standard InChI is InChI=1S/C21H24N2O4/c1-15(17-6-4-3-5-7-17)13-23-21(25)11-9-16-8-10-18(19(12-16)26-2)27-14-20(22)24/h3-12,15H,13-14H2,1-2H3,(H2,22,24)(H,23,25)/b11-9+/t15-/m1/s1. The summed E-state index contributed by atoms with van der Waals surface area (Å²) in [7, 11) is 1.50. The second kappa shape index (κ2) is 10.0. The van der Waals surface area contributed by atoms with Gasteiger partial charge in [0.25, 0.3) is 5.91 Å². The third-order valence-corrected chi connectivity index (χ3v) is 3.94. The summed E-state index contributed by atoms with van der Waals surface area (Å²) in [4.78, 5) is 22.9. The van der Waals surface area contributed by atoms with Gasteiger partial charge in [0.2, 0.25) is 5.91 Å². The van der Waals surface area contributed by atoms with Crippen LogP contribution in [0.15, 0.2) is 54.6 Å². The summed E-state index contributed by atoms with van der Waals surface area (Å²) in [6.07, 6.45) is 3.15. The third-order valence-electron chi connectivity index (χ3n) is 3.94. The molecule has 6 nitrogen and oxygen atoms in total. The predicted octanol–water partition coefficient (Wildman–Crippen LogP) is 2.49. The zero-order chi connectivity index (χ0) is 19.6. The van der Waals surface area contributed by atoms with Crippen LogP contribution >= 0.6 is 0 Å². The minimum atomic E-state index is -0.567. The number of carbonyl (C=O) groups excluding carboxylic acids is 2. The maximum Gasteiger partial charge on any atom is 0.255 e. The highest BCUT2D eigenvalue weighted by Crippen LogP contribution is 2.28. The number of rotatable bonds is 9. The summed E-state index contributed by atoms with van der Waals surface area (Å²) in [6, 6.07) is 15.2. The first-order chi connectivity index (χ1) is 13.0. The number of carbonyl (C=O) groups is 2. The maximum absolute atomic E-state index is 12.0. The predicted molar refractivity (Wildman–Crippen MR) is 105 cm³/mol. The van der Waals surface area contributed by atoms with Crippen molar-refractivity contribution in [2.24, 2.45) is 5.73 Å². The van der Waals surface area contributed by atoms with Gasteiger partial charge in [0.05, 0.1) is 7.11 Å². The number of hydrogen-bond donors (Lipinski definition) is 2. The molecule has 3 N–H and O–H groups in total. The normalized spacial score (nSPS) is 11.8. The van der Waals surface area contributed by atoms with Gasteiger partial charge in [-0.3, -0.25) is 9.59 Å². The van der Waals surface area contributed by atoms with Crippen LogP contribution in [0.25, 0.3) is 6.08 Å². The first kappa shape index (κ1) is 20.0. The lowest BCUT2D eigenvalue weighted by Gasteiger charge is -2.12. The summed E-state index contributed by atoms with van der Waals surface area (Å²) in [6.45, 7) is 2.39.